The van der Waals surface area contributed by atoms with Gasteiger partial charge in [-0.2, -0.15) is 0 Å². The Morgan fingerprint density at radius 3 is 1.55 bits per heavy atom. The summed E-state index contributed by atoms with van der Waals surface area (Å²) >= 11 is 0. The number of hydrogen-bond acceptors (Lipinski definition) is 6. The maximum Gasteiger partial charge on any atom is 0.320 e. The van der Waals surface area contributed by atoms with Crippen LogP contribution in [-0.2, 0) is 28.6 Å². The third-order valence-corrected chi connectivity index (χ3v) is 6.42. The fourth-order valence-electron chi connectivity index (χ4n) is 4.35. The molecule has 0 aliphatic carbocycles. The van der Waals surface area contributed by atoms with E-state index in [2.05, 4.69) is 13.8 Å². The molecule has 0 saturated heterocycles. The van der Waals surface area contributed by atoms with E-state index in [1.807, 2.05) is 0 Å². The summed E-state index contributed by atoms with van der Waals surface area (Å²) in [6, 6.07) is 0. The fraction of sp³-hybridized carbons (Fsp3) is 0.906. The summed E-state index contributed by atoms with van der Waals surface area (Å²) in [4.78, 5) is 37.5. The molecule has 1 unspecified atom stereocenters. The van der Waals surface area contributed by atoms with Crippen LogP contribution in [0.2, 0.25) is 0 Å². The first-order valence-corrected chi connectivity index (χ1v) is 15.4. The van der Waals surface area contributed by atoms with Crippen molar-refractivity contribution < 1.29 is 28.6 Å². The van der Waals surface area contributed by atoms with Crippen molar-refractivity contribution in [2.75, 3.05) is 6.61 Å². The lowest BCUT2D eigenvalue weighted by molar-refractivity contribution is -0.174. The summed E-state index contributed by atoms with van der Waals surface area (Å²) in [6.07, 6.45) is 16.2. The second-order valence-electron chi connectivity index (χ2n) is 12.8. The first-order chi connectivity index (χ1) is 17.8. The van der Waals surface area contributed by atoms with Crippen molar-refractivity contribution in [3.05, 3.63) is 0 Å². The van der Waals surface area contributed by atoms with Crippen LogP contribution in [0.1, 0.15) is 158 Å². The van der Waals surface area contributed by atoms with E-state index in [0.717, 1.165) is 51.4 Å². The predicted octanol–water partition coefficient (Wildman–Crippen LogP) is 8.73. The van der Waals surface area contributed by atoms with Crippen LogP contribution in [0.15, 0.2) is 0 Å². The second kappa shape index (κ2) is 20.3. The number of hydrogen-bond donors (Lipinski definition) is 0. The number of unbranched alkanes of at least 4 members (excludes halogenated alkanes) is 9. The zero-order valence-corrected chi connectivity index (χ0v) is 26.1. The number of esters is 3. The lowest BCUT2D eigenvalue weighted by Gasteiger charge is -2.26. The molecule has 0 aliphatic rings. The van der Waals surface area contributed by atoms with E-state index < -0.39 is 29.1 Å². The molecule has 0 rings (SSSR count). The Hall–Kier alpha value is -1.59. The van der Waals surface area contributed by atoms with Crippen LogP contribution >= 0.6 is 0 Å². The van der Waals surface area contributed by atoms with Crippen molar-refractivity contribution in [2.24, 2.45) is 11.8 Å². The first kappa shape index (κ1) is 36.4. The molecule has 0 aromatic carbocycles. The predicted molar refractivity (Wildman–Crippen MR) is 155 cm³/mol. The maximum atomic E-state index is 12.6. The van der Waals surface area contributed by atoms with Crippen molar-refractivity contribution in [3.63, 3.8) is 0 Å². The Morgan fingerprint density at radius 2 is 1.03 bits per heavy atom. The lowest BCUT2D eigenvalue weighted by atomic mass is 9.96. The normalized spacial score (nSPS) is 12.9. The molecule has 0 aliphatic heterocycles. The van der Waals surface area contributed by atoms with Crippen LogP contribution < -0.4 is 0 Å². The average Bonchev–Trinajstić information content (AvgIpc) is 2.79. The SMILES string of the molecule is CCCCCCC(CCCC)COC(=O)CCCCCCCCC(C(=O)OC(C)(C)C)C(=O)OC(C)(C)C. The molecule has 0 spiro atoms. The average molecular weight is 541 g/mol. The van der Waals surface area contributed by atoms with Gasteiger partial charge < -0.3 is 14.2 Å². The van der Waals surface area contributed by atoms with Crippen molar-refractivity contribution in [2.45, 2.75) is 169 Å². The molecule has 0 N–H and O–H groups in total. The van der Waals surface area contributed by atoms with E-state index in [-0.39, 0.29) is 5.97 Å². The Morgan fingerprint density at radius 1 is 0.579 bits per heavy atom. The van der Waals surface area contributed by atoms with Gasteiger partial charge in [0, 0.05) is 6.42 Å². The molecule has 0 saturated carbocycles. The molecule has 0 aromatic heterocycles. The minimum Gasteiger partial charge on any atom is -0.465 e. The quantitative estimate of drug-likeness (QED) is 0.0627. The number of carbonyl (C=O) groups excluding carboxylic acids is 3. The van der Waals surface area contributed by atoms with Gasteiger partial charge in [-0.1, -0.05) is 84.5 Å². The minimum atomic E-state index is -0.893. The van der Waals surface area contributed by atoms with E-state index >= 15 is 0 Å². The van der Waals surface area contributed by atoms with E-state index in [1.165, 1.54) is 38.5 Å². The summed E-state index contributed by atoms with van der Waals surface area (Å²) in [5.74, 6) is -1.49. The molecule has 0 heterocycles. The molecule has 0 radical (unpaired) electrons. The monoisotopic (exact) mass is 540 g/mol. The Balaban J connectivity index is 4.24. The third-order valence-electron chi connectivity index (χ3n) is 6.42. The Kier molecular flexibility index (Phi) is 19.5. The largest absolute Gasteiger partial charge is 0.465 e. The van der Waals surface area contributed by atoms with E-state index in [0.29, 0.717) is 25.4 Å². The van der Waals surface area contributed by atoms with Crippen LogP contribution in [0.5, 0.6) is 0 Å². The zero-order chi connectivity index (χ0) is 29.0. The molecule has 0 amide bonds. The van der Waals surface area contributed by atoms with Gasteiger partial charge in [0.15, 0.2) is 5.92 Å². The smallest absolute Gasteiger partial charge is 0.320 e. The van der Waals surface area contributed by atoms with E-state index in [4.69, 9.17) is 14.2 Å². The summed E-state index contributed by atoms with van der Waals surface area (Å²) in [7, 11) is 0. The van der Waals surface area contributed by atoms with Crippen LogP contribution in [0.3, 0.4) is 0 Å². The molecule has 1 atom stereocenters. The van der Waals surface area contributed by atoms with Crippen molar-refractivity contribution >= 4 is 17.9 Å². The van der Waals surface area contributed by atoms with Gasteiger partial charge >= 0.3 is 17.9 Å². The number of carbonyl (C=O) groups is 3. The van der Waals surface area contributed by atoms with Gasteiger partial charge in [-0.3, -0.25) is 14.4 Å². The van der Waals surface area contributed by atoms with Gasteiger partial charge in [0.25, 0.3) is 0 Å². The number of rotatable bonds is 21. The molecule has 224 valence electrons. The molecule has 0 aromatic rings. The molecule has 0 fully saturated rings. The van der Waals surface area contributed by atoms with Gasteiger partial charge in [0.2, 0.25) is 0 Å². The van der Waals surface area contributed by atoms with E-state index in [9.17, 15) is 14.4 Å². The number of ether oxygens (including phenoxy) is 3. The topological polar surface area (TPSA) is 78.9 Å². The maximum absolute atomic E-state index is 12.6. The summed E-state index contributed by atoms with van der Waals surface area (Å²) in [6.45, 7) is 15.8. The van der Waals surface area contributed by atoms with Crippen LogP contribution in [0.4, 0.5) is 0 Å². The molecular weight excluding hydrogens is 480 g/mol. The fourth-order valence-corrected chi connectivity index (χ4v) is 4.35. The first-order valence-electron chi connectivity index (χ1n) is 15.4. The molecule has 38 heavy (non-hydrogen) atoms. The highest BCUT2D eigenvalue weighted by Gasteiger charge is 2.34. The zero-order valence-electron chi connectivity index (χ0n) is 26.1. The molecule has 6 nitrogen and oxygen atoms in total. The van der Waals surface area contributed by atoms with Crippen molar-refractivity contribution in [3.8, 4) is 0 Å². The van der Waals surface area contributed by atoms with Gasteiger partial charge in [-0.25, -0.2) is 0 Å². The highest BCUT2D eigenvalue weighted by molar-refractivity contribution is 5.95. The Labute approximate surface area is 234 Å². The lowest BCUT2D eigenvalue weighted by Crippen LogP contribution is -2.36. The highest BCUT2D eigenvalue weighted by atomic mass is 16.6. The second-order valence-corrected chi connectivity index (χ2v) is 12.8. The van der Waals surface area contributed by atoms with Gasteiger partial charge in [0.05, 0.1) is 6.61 Å². The summed E-state index contributed by atoms with van der Waals surface area (Å²) in [5.41, 5.74) is -1.30. The minimum absolute atomic E-state index is 0.0716. The van der Waals surface area contributed by atoms with E-state index in [1.54, 1.807) is 41.5 Å². The summed E-state index contributed by atoms with van der Waals surface area (Å²) < 4.78 is 16.6. The van der Waals surface area contributed by atoms with Crippen LogP contribution in [-0.4, -0.2) is 35.7 Å². The summed E-state index contributed by atoms with van der Waals surface area (Å²) in [5, 5.41) is 0. The standard InChI is InChI=1S/C32H60O6/c1-9-11-13-18-22-26(21-12-10-2)25-36-28(33)24-20-17-15-14-16-19-23-27(29(34)37-31(3,4)5)30(35)38-32(6,7)8/h26-27H,9-25H2,1-8H3. The highest BCUT2D eigenvalue weighted by Crippen LogP contribution is 2.22. The van der Waals surface area contributed by atoms with Gasteiger partial charge in [0.1, 0.15) is 11.2 Å². The van der Waals surface area contributed by atoms with Gasteiger partial charge in [-0.15, -0.1) is 0 Å². The van der Waals surface area contributed by atoms with Crippen molar-refractivity contribution in [1.82, 2.24) is 0 Å². The molecule has 0 bridgehead atoms. The molecule has 6 heteroatoms. The van der Waals surface area contributed by atoms with Crippen LogP contribution in [0, 0.1) is 11.8 Å². The third kappa shape index (κ3) is 21.4. The Bertz CT molecular complexity index is 615. The molecular formula is C32H60O6. The van der Waals surface area contributed by atoms with Crippen LogP contribution in [0.25, 0.3) is 0 Å². The van der Waals surface area contributed by atoms with Gasteiger partial charge in [-0.05, 0) is 73.1 Å². The van der Waals surface area contributed by atoms with Crippen molar-refractivity contribution in [1.29, 1.82) is 0 Å².